The van der Waals surface area contributed by atoms with E-state index < -0.39 is 0 Å². The first-order valence-corrected chi connectivity index (χ1v) is 10.0. The van der Waals surface area contributed by atoms with Crippen molar-refractivity contribution in [3.63, 3.8) is 0 Å². The molecule has 0 radical (unpaired) electrons. The summed E-state index contributed by atoms with van der Waals surface area (Å²) in [5.41, 5.74) is 1.87. The Morgan fingerprint density at radius 2 is 1.34 bits per heavy atom. The van der Waals surface area contributed by atoms with E-state index >= 15 is 0 Å². The zero-order chi connectivity index (χ0) is 20.3. The minimum Gasteiger partial charge on any atom is -0.268 e. The molecule has 8 nitrogen and oxygen atoms in total. The van der Waals surface area contributed by atoms with Gasteiger partial charge in [0, 0.05) is 15.2 Å². The van der Waals surface area contributed by atoms with E-state index in [9.17, 15) is 0 Å². The lowest BCUT2D eigenvalue weighted by Gasteiger charge is -2.03. The summed E-state index contributed by atoms with van der Waals surface area (Å²) in [7, 11) is 0. The van der Waals surface area contributed by atoms with Gasteiger partial charge in [0.15, 0.2) is 0 Å². The van der Waals surface area contributed by atoms with Crippen LogP contribution in [0.15, 0.2) is 92.8 Å². The topological polar surface area (TPSA) is 86.1 Å². The van der Waals surface area contributed by atoms with E-state index in [0.717, 1.165) is 26.9 Å². The first kappa shape index (κ1) is 20.7. The third-order valence-corrected chi connectivity index (χ3v) is 4.41. The molecule has 2 aromatic carbocycles. The van der Waals surface area contributed by atoms with Gasteiger partial charge >= 0.3 is 0 Å². The standard InChI is InChI=1S/C10H8N6.C6H4Br2.C3H4N2/c1-2-9(15-7-11-5-13-15)4-10(3-1)16-8-12-6-14-16;7-5-2-1-3-6(8)4-5;1-2-5-3-4-1/h1-8H;1-4H;1,3H,2H2. The summed E-state index contributed by atoms with van der Waals surface area (Å²) >= 11 is 6.66. The van der Waals surface area contributed by atoms with Crippen molar-refractivity contribution >= 4 is 44.4 Å². The number of hydrogen-bond donors (Lipinski definition) is 0. The minimum atomic E-state index is 0.778. The van der Waals surface area contributed by atoms with E-state index in [-0.39, 0.29) is 0 Å². The van der Waals surface area contributed by atoms with E-state index in [1.165, 1.54) is 12.7 Å². The van der Waals surface area contributed by atoms with Crippen molar-refractivity contribution in [1.29, 1.82) is 0 Å². The Balaban J connectivity index is 0.000000153. The lowest BCUT2D eigenvalue weighted by molar-refractivity contribution is 0.854. The molecule has 3 heterocycles. The van der Waals surface area contributed by atoms with Crippen LogP contribution in [-0.4, -0.2) is 48.6 Å². The molecule has 0 N–H and O–H groups in total. The molecule has 0 saturated carbocycles. The van der Waals surface area contributed by atoms with Gasteiger partial charge in [0.2, 0.25) is 0 Å². The molecule has 2 aromatic heterocycles. The average molecular weight is 516 g/mol. The predicted octanol–water partition coefficient (Wildman–Crippen LogP) is 4.16. The molecule has 0 bridgehead atoms. The van der Waals surface area contributed by atoms with Crippen LogP contribution in [0.3, 0.4) is 0 Å². The Kier molecular flexibility index (Phi) is 7.96. The Labute approximate surface area is 184 Å². The maximum Gasteiger partial charge on any atom is 0.138 e. The predicted molar refractivity (Wildman–Crippen MR) is 120 cm³/mol. The number of rotatable bonds is 2. The summed E-state index contributed by atoms with van der Waals surface area (Å²) in [6.07, 6.45) is 9.63. The first-order valence-electron chi connectivity index (χ1n) is 8.43. The normalized spacial score (nSPS) is 11.4. The molecular formula is C19H16Br2N8. The summed E-state index contributed by atoms with van der Waals surface area (Å²) in [4.78, 5) is 15.2. The summed E-state index contributed by atoms with van der Waals surface area (Å²) in [5.74, 6) is 0. The molecule has 29 heavy (non-hydrogen) atoms. The van der Waals surface area contributed by atoms with Crippen molar-refractivity contribution < 1.29 is 0 Å². The third kappa shape index (κ3) is 6.84. The van der Waals surface area contributed by atoms with Crippen LogP contribution in [0, 0.1) is 0 Å². The molecule has 0 amide bonds. The van der Waals surface area contributed by atoms with Gasteiger partial charge in [-0.2, -0.15) is 10.2 Å². The van der Waals surface area contributed by atoms with Gasteiger partial charge in [0.25, 0.3) is 0 Å². The molecule has 0 aliphatic carbocycles. The van der Waals surface area contributed by atoms with Crippen molar-refractivity contribution in [3.8, 4) is 11.4 Å². The van der Waals surface area contributed by atoms with Crippen molar-refractivity contribution in [2.75, 3.05) is 6.54 Å². The van der Waals surface area contributed by atoms with Crippen LogP contribution in [0.1, 0.15) is 0 Å². The van der Waals surface area contributed by atoms with E-state index in [1.54, 1.807) is 34.6 Å². The van der Waals surface area contributed by atoms with Crippen LogP contribution in [0.2, 0.25) is 0 Å². The fourth-order valence-electron chi connectivity index (χ4n) is 2.16. The smallest absolute Gasteiger partial charge is 0.138 e. The maximum absolute atomic E-state index is 4.07. The van der Waals surface area contributed by atoms with Gasteiger partial charge in [-0.3, -0.25) is 4.99 Å². The van der Waals surface area contributed by atoms with Gasteiger partial charge in [0.05, 0.1) is 17.9 Å². The van der Waals surface area contributed by atoms with Crippen molar-refractivity contribution in [2.45, 2.75) is 0 Å². The van der Waals surface area contributed by atoms with Gasteiger partial charge < -0.3 is 0 Å². The second kappa shape index (κ2) is 11.1. The monoisotopic (exact) mass is 514 g/mol. The van der Waals surface area contributed by atoms with E-state index in [0.29, 0.717) is 0 Å². The summed E-state index contributed by atoms with van der Waals surface area (Å²) in [6, 6.07) is 15.8. The number of hydrogen-bond acceptors (Lipinski definition) is 6. The number of benzene rings is 2. The van der Waals surface area contributed by atoms with E-state index in [1.807, 2.05) is 48.5 Å². The Bertz CT molecular complexity index is 983. The quantitative estimate of drug-likeness (QED) is 0.401. The highest BCUT2D eigenvalue weighted by Gasteiger charge is 2.00. The summed E-state index contributed by atoms with van der Waals surface area (Å²) in [5, 5.41) is 8.14. The molecule has 4 aromatic rings. The van der Waals surface area contributed by atoms with Crippen LogP contribution in [0.4, 0.5) is 0 Å². The molecule has 0 spiro atoms. The Morgan fingerprint density at radius 3 is 1.69 bits per heavy atom. The van der Waals surface area contributed by atoms with Crippen LogP contribution >= 0.6 is 31.9 Å². The lowest BCUT2D eigenvalue weighted by atomic mass is 10.3. The number of aromatic nitrogens is 6. The van der Waals surface area contributed by atoms with Gasteiger partial charge in [-0.25, -0.2) is 24.3 Å². The Morgan fingerprint density at radius 1 is 0.759 bits per heavy atom. The van der Waals surface area contributed by atoms with Crippen LogP contribution in [0.5, 0.6) is 0 Å². The van der Waals surface area contributed by atoms with Crippen molar-refractivity contribution in [3.05, 3.63) is 82.8 Å². The van der Waals surface area contributed by atoms with Crippen LogP contribution < -0.4 is 0 Å². The molecule has 0 unspecified atom stereocenters. The second-order valence-electron chi connectivity index (χ2n) is 5.45. The van der Waals surface area contributed by atoms with Gasteiger partial charge in [-0.05, 0) is 36.4 Å². The highest BCUT2D eigenvalue weighted by molar-refractivity contribution is 9.11. The fourth-order valence-corrected chi connectivity index (χ4v) is 3.26. The van der Waals surface area contributed by atoms with E-state index in [4.69, 9.17) is 0 Å². The minimum absolute atomic E-state index is 0.778. The molecule has 0 atom stereocenters. The largest absolute Gasteiger partial charge is 0.268 e. The highest BCUT2D eigenvalue weighted by Crippen LogP contribution is 2.15. The second-order valence-corrected chi connectivity index (χ2v) is 7.28. The van der Waals surface area contributed by atoms with Gasteiger partial charge in [-0.1, -0.05) is 44.0 Å². The number of nitrogens with zero attached hydrogens (tertiary/aromatic N) is 8. The number of aliphatic imine (C=N–C) groups is 2. The SMILES string of the molecule is Brc1cccc(Br)c1.C1=NC=NC1.c1cc(-n2cncn2)cc(-n2cncn2)c1. The van der Waals surface area contributed by atoms with E-state index in [2.05, 4.69) is 62.0 Å². The van der Waals surface area contributed by atoms with Gasteiger partial charge in [-0.15, -0.1) is 0 Å². The molecule has 5 rings (SSSR count). The molecule has 10 heteroatoms. The molecule has 1 aliphatic rings. The highest BCUT2D eigenvalue weighted by atomic mass is 79.9. The summed E-state index contributed by atoms with van der Waals surface area (Å²) < 4.78 is 5.60. The molecule has 146 valence electrons. The average Bonchev–Trinajstić information content (AvgIpc) is 3.54. The molecule has 1 aliphatic heterocycles. The van der Waals surface area contributed by atoms with Crippen molar-refractivity contribution in [1.82, 2.24) is 29.5 Å². The Hall–Kier alpha value is -2.98. The third-order valence-electron chi connectivity index (χ3n) is 3.42. The molecular weight excluding hydrogens is 500 g/mol. The molecule has 0 fully saturated rings. The number of halogens is 2. The zero-order valence-corrected chi connectivity index (χ0v) is 18.3. The fraction of sp³-hybridized carbons (Fsp3) is 0.0526. The van der Waals surface area contributed by atoms with Gasteiger partial charge in [0.1, 0.15) is 31.6 Å². The van der Waals surface area contributed by atoms with Crippen molar-refractivity contribution in [2.24, 2.45) is 9.98 Å². The lowest BCUT2D eigenvalue weighted by Crippen LogP contribution is -1.98. The van der Waals surface area contributed by atoms with Crippen LogP contribution in [-0.2, 0) is 0 Å². The maximum atomic E-state index is 4.07. The van der Waals surface area contributed by atoms with Crippen LogP contribution in [0.25, 0.3) is 11.4 Å². The molecule has 0 saturated heterocycles. The first-order chi connectivity index (χ1) is 14.2. The summed E-state index contributed by atoms with van der Waals surface area (Å²) in [6.45, 7) is 0.778. The zero-order valence-electron chi connectivity index (χ0n) is 15.1.